The number of benzene rings is 2. The summed E-state index contributed by atoms with van der Waals surface area (Å²) in [4.78, 5) is 26.4. The van der Waals surface area contributed by atoms with E-state index in [1.807, 2.05) is 60.7 Å². The molecule has 1 saturated heterocycles. The number of likely N-dealkylation sites (tertiary alicyclic amines) is 1. The molecule has 23 heavy (non-hydrogen) atoms. The van der Waals surface area contributed by atoms with Gasteiger partial charge in [0.15, 0.2) is 0 Å². The van der Waals surface area contributed by atoms with Crippen LogP contribution in [0.2, 0.25) is 0 Å². The lowest BCUT2D eigenvalue weighted by Gasteiger charge is -2.40. The quantitative estimate of drug-likeness (QED) is 0.939. The summed E-state index contributed by atoms with van der Waals surface area (Å²) in [7, 11) is 1.63. The predicted octanol–water partition coefficient (Wildman–Crippen LogP) is 2.02. The Kier molecular flexibility index (Phi) is 4.42. The largest absolute Gasteiger partial charge is 0.359 e. The third-order valence-electron chi connectivity index (χ3n) is 4.32. The summed E-state index contributed by atoms with van der Waals surface area (Å²) < 4.78 is 0. The zero-order valence-corrected chi connectivity index (χ0v) is 13.1. The normalized spacial score (nSPS) is 14.4. The number of carbonyl (C=O) groups excluding carboxylic acids is 2. The van der Waals surface area contributed by atoms with Gasteiger partial charge in [-0.25, -0.2) is 0 Å². The van der Waals surface area contributed by atoms with Crippen LogP contribution in [0.3, 0.4) is 0 Å². The number of nitrogens with one attached hydrogen (secondary N) is 1. The first-order chi connectivity index (χ1) is 11.2. The second kappa shape index (κ2) is 6.65. The molecular formula is C19H20N2O2. The van der Waals surface area contributed by atoms with Crippen molar-refractivity contribution >= 4 is 11.8 Å². The second-order valence-electron chi connectivity index (χ2n) is 5.81. The van der Waals surface area contributed by atoms with E-state index in [2.05, 4.69) is 5.32 Å². The zero-order chi connectivity index (χ0) is 16.2. The van der Waals surface area contributed by atoms with E-state index in [9.17, 15) is 9.59 Å². The highest BCUT2D eigenvalue weighted by Crippen LogP contribution is 2.29. The molecule has 0 aliphatic carbocycles. The van der Waals surface area contributed by atoms with Crippen molar-refractivity contribution in [3.8, 4) is 0 Å². The Labute approximate surface area is 136 Å². The molecule has 2 aromatic carbocycles. The van der Waals surface area contributed by atoms with Crippen molar-refractivity contribution in [3.05, 3.63) is 71.8 Å². The maximum Gasteiger partial charge on any atom is 0.234 e. The molecule has 4 heteroatoms. The van der Waals surface area contributed by atoms with Gasteiger partial charge < -0.3 is 10.2 Å². The van der Waals surface area contributed by atoms with Crippen molar-refractivity contribution in [1.82, 2.24) is 10.2 Å². The van der Waals surface area contributed by atoms with Crippen LogP contribution in [-0.4, -0.2) is 36.9 Å². The predicted molar refractivity (Wildman–Crippen MR) is 88.9 cm³/mol. The van der Waals surface area contributed by atoms with E-state index in [0.717, 1.165) is 11.1 Å². The Morgan fingerprint density at radius 3 is 1.87 bits per heavy atom. The van der Waals surface area contributed by atoms with E-state index in [0.29, 0.717) is 13.1 Å². The van der Waals surface area contributed by atoms with E-state index < -0.39 is 0 Å². The number of amides is 2. The van der Waals surface area contributed by atoms with Gasteiger partial charge in [0.25, 0.3) is 0 Å². The molecule has 0 saturated carbocycles. The Bertz CT molecular complexity index is 640. The molecule has 1 fully saturated rings. The minimum absolute atomic E-state index is 0.00465. The van der Waals surface area contributed by atoms with Gasteiger partial charge in [-0.2, -0.15) is 0 Å². The Morgan fingerprint density at radius 2 is 1.43 bits per heavy atom. The van der Waals surface area contributed by atoms with Crippen molar-refractivity contribution in [2.45, 2.75) is 5.92 Å². The summed E-state index contributed by atoms with van der Waals surface area (Å²) in [6.45, 7) is 0.989. The second-order valence-corrected chi connectivity index (χ2v) is 5.81. The molecular weight excluding hydrogens is 288 g/mol. The van der Waals surface area contributed by atoms with E-state index in [4.69, 9.17) is 0 Å². The van der Waals surface area contributed by atoms with Gasteiger partial charge in [-0.1, -0.05) is 60.7 Å². The molecule has 3 rings (SSSR count). The fourth-order valence-corrected chi connectivity index (χ4v) is 2.98. The number of nitrogens with zero attached hydrogens (tertiary/aromatic N) is 1. The van der Waals surface area contributed by atoms with E-state index >= 15 is 0 Å². The van der Waals surface area contributed by atoms with Crippen LogP contribution >= 0.6 is 0 Å². The van der Waals surface area contributed by atoms with Crippen LogP contribution in [0.5, 0.6) is 0 Å². The fraction of sp³-hybridized carbons (Fsp3) is 0.263. The molecule has 1 heterocycles. The van der Waals surface area contributed by atoms with Gasteiger partial charge in [-0.3, -0.25) is 9.59 Å². The Morgan fingerprint density at radius 1 is 0.957 bits per heavy atom. The standard InChI is InChI=1S/C19H20N2O2/c1-20-18(22)16-12-21(13-16)19(23)17(14-8-4-2-5-9-14)15-10-6-3-7-11-15/h2-11,16-17H,12-13H2,1H3,(H,20,22). The topological polar surface area (TPSA) is 49.4 Å². The summed E-state index contributed by atoms with van der Waals surface area (Å²) >= 11 is 0. The number of rotatable bonds is 4. The van der Waals surface area contributed by atoms with Crippen molar-refractivity contribution in [2.75, 3.05) is 20.1 Å². The fourth-order valence-electron chi connectivity index (χ4n) is 2.98. The first-order valence-electron chi connectivity index (χ1n) is 7.81. The SMILES string of the molecule is CNC(=O)C1CN(C(=O)C(c2ccccc2)c2ccccc2)C1. The molecule has 1 aliphatic heterocycles. The average Bonchev–Trinajstić information content (AvgIpc) is 2.55. The minimum Gasteiger partial charge on any atom is -0.359 e. The zero-order valence-electron chi connectivity index (χ0n) is 13.1. The molecule has 2 amide bonds. The molecule has 0 bridgehead atoms. The van der Waals surface area contributed by atoms with Crippen LogP contribution in [0.4, 0.5) is 0 Å². The highest BCUT2D eigenvalue weighted by Gasteiger charge is 2.38. The van der Waals surface area contributed by atoms with Crippen LogP contribution < -0.4 is 5.32 Å². The monoisotopic (exact) mass is 308 g/mol. The third kappa shape index (κ3) is 3.11. The molecule has 2 aromatic rings. The number of hydrogen-bond acceptors (Lipinski definition) is 2. The van der Waals surface area contributed by atoms with Crippen molar-refractivity contribution in [2.24, 2.45) is 5.92 Å². The third-order valence-corrected chi connectivity index (χ3v) is 4.32. The highest BCUT2D eigenvalue weighted by atomic mass is 16.2. The minimum atomic E-state index is -0.317. The number of hydrogen-bond donors (Lipinski definition) is 1. The molecule has 1 aliphatic rings. The van der Waals surface area contributed by atoms with Crippen LogP contribution in [0.25, 0.3) is 0 Å². The molecule has 0 spiro atoms. The van der Waals surface area contributed by atoms with Crippen molar-refractivity contribution in [1.29, 1.82) is 0 Å². The van der Waals surface area contributed by atoms with Crippen molar-refractivity contribution < 1.29 is 9.59 Å². The summed E-state index contributed by atoms with van der Waals surface area (Å²) in [5, 5.41) is 2.64. The maximum atomic E-state index is 13.0. The van der Waals surface area contributed by atoms with Crippen LogP contribution in [0.1, 0.15) is 17.0 Å². The summed E-state index contributed by atoms with van der Waals surface area (Å²) in [6.07, 6.45) is 0. The summed E-state index contributed by atoms with van der Waals surface area (Å²) in [5.41, 5.74) is 1.96. The Balaban J connectivity index is 1.83. The molecule has 0 atom stereocenters. The smallest absolute Gasteiger partial charge is 0.234 e. The molecule has 1 N–H and O–H groups in total. The van der Waals surface area contributed by atoms with Gasteiger partial charge in [-0.15, -0.1) is 0 Å². The Hall–Kier alpha value is -2.62. The van der Waals surface area contributed by atoms with Gasteiger partial charge in [-0.05, 0) is 11.1 Å². The summed E-state index contributed by atoms with van der Waals surface area (Å²) in [5.74, 6) is -0.341. The van der Waals surface area contributed by atoms with Gasteiger partial charge >= 0.3 is 0 Å². The van der Waals surface area contributed by atoms with E-state index in [-0.39, 0.29) is 23.7 Å². The van der Waals surface area contributed by atoms with Gasteiger partial charge in [0.2, 0.25) is 11.8 Å². The molecule has 0 unspecified atom stereocenters. The first kappa shape index (κ1) is 15.3. The molecule has 0 aromatic heterocycles. The lowest BCUT2D eigenvalue weighted by molar-refractivity contribution is -0.143. The van der Waals surface area contributed by atoms with Crippen LogP contribution in [0.15, 0.2) is 60.7 Å². The highest BCUT2D eigenvalue weighted by molar-refractivity contribution is 5.90. The van der Waals surface area contributed by atoms with E-state index in [1.165, 1.54) is 0 Å². The van der Waals surface area contributed by atoms with Gasteiger partial charge in [0.1, 0.15) is 0 Å². The van der Waals surface area contributed by atoms with Crippen LogP contribution in [0, 0.1) is 5.92 Å². The molecule has 118 valence electrons. The van der Waals surface area contributed by atoms with Gasteiger partial charge in [0, 0.05) is 20.1 Å². The maximum absolute atomic E-state index is 13.0. The van der Waals surface area contributed by atoms with Crippen molar-refractivity contribution in [3.63, 3.8) is 0 Å². The lowest BCUT2D eigenvalue weighted by atomic mass is 9.87. The van der Waals surface area contributed by atoms with Crippen LogP contribution in [-0.2, 0) is 9.59 Å². The first-order valence-corrected chi connectivity index (χ1v) is 7.81. The summed E-state index contributed by atoms with van der Waals surface area (Å²) in [6, 6.07) is 19.6. The van der Waals surface area contributed by atoms with Gasteiger partial charge in [0.05, 0.1) is 11.8 Å². The number of carbonyl (C=O) groups is 2. The molecule has 4 nitrogen and oxygen atoms in total. The lowest BCUT2D eigenvalue weighted by Crippen LogP contribution is -2.56. The average molecular weight is 308 g/mol. The molecule has 0 radical (unpaired) electrons. The van der Waals surface area contributed by atoms with E-state index in [1.54, 1.807) is 11.9 Å².